The second-order valence-corrected chi connectivity index (χ2v) is 14.5. The van der Waals surface area contributed by atoms with Crippen molar-refractivity contribution in [1.82, 2.24) is 50.2 Å². The third-order valence-electron chi connectivity index (χ3n) is 9.95. The molecule has 22 heteroatoms. The van der Waals surface area contributed by atoms with Crippen LogP contribution in [-0.4, -0.2) is 156 Å². The van der Waals surface area contributed by atoms with Crippen molar-refractivity contribution in [3.8, 4) is 30.0 Å². The van der Waals surface area contributed by atoms with Crippen LogP contribution in [0.3, 0.4) is 0 Å². The number of carbonyl (C=O) groups excluding carboxylic acids is 4. The quantitative estimate of drug-likeness (QED) is 0.0173. The Kier molecular flexibility index (Phi) is 18.0. The maximum Gasteiger partial charge on any atom is 0.295 e. The van der Waals surface area contributed by atoms with E-state index in [-0.39, 0.29) is 85.6 Å². The number of hydrogen-bond donors (Lipinski definition) is 4. The van der Waals surface area contributed by atoms with Gasteiger partial charge in [0.15, 0.2) is 5.82 Å². The molecule has 0 bridgehead atoms. The summed E-state index contributed by atoms with van der Waals surface area (Å²) in [5.41, 5.74) is 2.84. The van der Waals surface area contributed by atoms with Gasteiger partial charge in [-0.05, 0) is 35.6 Å². The Balaban J connectivity index is 0.974. The summed E-state index contributed by atoms with van der Waals surface area (Å²) in [7, 11) is 1.42. The number of allylic oxidation sites excluding steroid dienone is 1. The number of pyridine rings is 1. The minimum atomic E-state index is -0.751. The number of ether oxygens (including phenoxy) is 5. The molecule has 5 aromatic rings. The largest absolute Gasteiger partial charge is 0.494 e. The number of nitrogens with zero attached hydrogens (tertiary/aromatic N) is 8. The van der Waals surface area contributed by atoms with E-state index < -0.39 is 23.5 Å². The van der Waals surface area contributed by atoms with Gasteiger partial charge in [0.1, 0.15) is 30.1 Å². The molecule has 1 aromatic carbocycles. The number of likely N-dealkylation sites (tertiary alicyclic amines) is 1. The van der Waals surface area contributed by atoms with Crippen LogP contribution in [0.15, 0.2) is 60.8 Å². The number of anilines is 1. The van der Waals surface area contributed by atoms with E-state index in [2.05, 4.69) is 58.0 Å². The highest BCUT2D eigenvalue weighted by Gasteiger charge is 2.30. The maximum atomic E-state index is 13.7. The molecule has 1 saturated heterocycles. The second kappa shape index (κ2) is 24.7. The first-order chi connectivity index (χ1) is 32.2. The number of nitriles is 1. The number of amides is 3. The first-order valence-electron chi connectivity index (χ1n) is 20.8. The number of fused-ring (bicyclic) bond motifs is 1. The Morgan fingerprint density at radius 2 is 1.56 bits per heavy atom. The average Bonchev–Trinajstić information content (AvgIpc) is 4.02. The van der Waals surface area contributed by atoms with Gasteiger partial charge >= 0.3 is 0 Å². The van der Waals surface area contributed by atoms with Gasteiger partial charge in [0, 0.05) is 45.1 Å². The van der Waals surface area contributed by atoms with E-state index in [1.165, 1.54) is 41.6 Å². The normalized spacial score (nSPS) is 12.3. The second-order valence-electron chi connectivity index (χ2n) is 14.1. The molecular formula is C44H47ClN12O9. The summed E-state index contributed by atoms with van der Waals surface area (Å²) in [6.45, 7) is 3.77. The van der Waals surface area contributed by atoms with Gasteiger partial charge in [-0.2, -0.15) is 14.9 Å². The number of nitrogens with one attached hydrogen (secondary N) is 4. The van der Waals surface area contributed by atoms with Gasteiger partial charge in [-0.15, -0.1) is 11.5 Å². The molecule has 0 radical (unpaired) electrons. The molecule has 21 nitrogen and oxygen atoms in total. The van der Waals surface area contributed by atoms with Crippen LogP contribution in [0, 0.1) is 23.7 Å². The highest BCUT2D eigenvalue weighted by atomic mass is 35.5. The Hall–Kier alpha value is -7.27. The van der Waals surface area contributed by atoms with Crippen molar-refractivity contribution in [3.05, 3.63) is 88.6 Å². The highest BCUT2D eigenvalue weighted by molar-refractivity contribution is 6.45. The van der Waals surface area contributed by atoms with Gasteiger partial charge in [-0.1, -0.05) is 36.3 Å². The number of benzene rings is 1. The Bertz CT molecular complexity index is 2590. The molecular weight excluding hydrogens is 876 g/mol. The maximum absolute atomic E-state index is 13.7. The molecule has 6 rings (SSSR count). The minimum Gasteiger partial charge on any atom is -0.494 e. The topological polar surface area (TPSA) is 263 Å². The van der Waals surface area contributed by atoms with E-state index in [4.69, 9.17) is 41.7 Å². The minimum absolute atomic E-state index is 0.0692. The molecule has 344 valence electrons. The SMILES string of the molecule is C#CCOCCOCCOCCOCCNC(=O)c1cnc(Cl)nc1NCCNC(=O)c1ncn(-c2ncc(OC)c3c(C(=O)C(=O)N4CCC(=C(C#N)c5ccccc5)CC4)c[nH]c23)n1. The zero-order valence-electron chi connectivity index (χ0n) is 36.0. The van der Waals surface area contributed by atoms with Gasteiger partial charge in [-0.3, -0.25) is 19.2 Å². The molecule has 0 spiro atoms. The predicted octanol–water partition coefficient (Wildman–Crippen LogP) is 2.65. The fourth-order valence-corrected chi connectivity index (χ4v) is 6.88. The molecule has 1 aliphatic heterocycles. The molecule has 5 heterocycles. The number of halogens is 1. The summed E-state index contributed by atoms with van der Waals surface area (Å²) >= 11 is 6.02. The number of methoxy groups -OCH3 is 1. The van der Waals surface area contributed by atoms with Crippen LogP contribution in [0.2, 0.25) is 5.28 Å². The lowest BCUT2D eigenvalue weighted by Crippen LogP contribution is -2.40. The van der Waals surface area contributed by atoms with Gasteiger partial charge < -0.3 is 49.5 Å². The van der Waals surface area contributed by atoms with Crippen LogP contribution >= 0.6 is 11.6 Å². The van der Waals surface area contributed by atoms with E-state index >= 15 is 0 Å². The van der Waals surface area contributed by atoms with Crippen LogP contribution in [0.4, 0.5) is 5.82 Å². The number of carbonyl (C=O) groups is 4. The molecule has 0 saturated carbocycles. The average molecular weight is 923 g/mol. The summed E-state index contributed by atoms with van der Waals surface area (Å²) in [6, 6.07) is 11.7. The lowest BCUT2D eigenvalue weighted by molar-refractivity contribution is -0.126. The summed E-state index contributed by atoms with van der Waals surface area (Å²) < 4.78 is 28.2. The van der Waals surface area contributed by atoms with Gasteiger partial charge in [0.25, 0.3) is 23.5 Å². The lowest BCUT2D eigenvalue weighted by Gasteiger charge is -2.28. The first-order valence-corrected chi connectivity index (χ1v) is 21.2. The molecule has 0 aliphatic carbocycles. The van der Waals surface area contributed by atoms with Crippen LogP contribution in [0.25, 0.3) is 22.3 Å². The van der Waals surface area contributed by atoms with Crippen molar-refractivity contribution in [2.45, 2.75) is 12.8 Å². The molecule has 3 amide bonds. The fourth-order valence-electron chi connectivity index (χ4n) is 6.74. The number of aromatic nitrogens is 7. The highest BCUT2D eigenvalue weighted by Crippen LogP contribution is 2.33. The van der Waals surface area contributed by atoms with Crippen molar-refractivity contribution in [3.63, 3.8) is 0 Å². The molecule has 1 aliphatic rings. The monoisotopic (exact) mass is 922 g/mol. The predicted molar refractivity (Wildman–Crippen MR) is 239 cm³/mol. The number of Topliss-reactive ketones (excluding diaryl/α,β-unsaturated/α-hetero) is 1. The number of hydrogen-bond acceptors (Lipinski definition) is 16. The first kappa shape index (κ1) is 48.2. The van der Waals surface area contributed by atoms with Crippen LogP contribution in [0.1, 0.15) is 49.7 Å². The van der Waals surface area contributed by atoms with E-state index in [9.17, 15) is 24.4 Å². The summed E-state index contributed by atoms with van der Waals surface area (Å²) in [6.07, 6.45) is 11.4. The van der Waals surface area contributed by atoms with Crippen molar-refractivity contribution in [2.24, 2.45) is 0 Å². The number of ketones is 1. The molecule has 4 N–H and O–H groups in total. The van der Waals surface area contributed by atoms with Crippen molar-refractivity contribution >= 4 is 57.4 Å². The number of aromatic amines is 1. The van der Waals surface area contributed by atoms with Gasteiger partial charge in [0.05, 0.1) is 87.7 Å². The van der Waals surface area contributed by atoms with Crippen molar-refractivity contribution in [2.75, 3.05) is 98.0 Å². The van der Waals surface area contributed by atoms with Crippen LogP contribution in [-0.2, 0) is 23.7 Å². The van der Waals surface area contributed by atoms with Gasteiger partial charge in [-0.25, -0.2) is 15.0 Å². The molecule has 4 aromatic heterocycles. The summed E-state index contributed by atoms with van der Waals surface area (Å²) in [5.74, 6) is 0.244. The van der Waals surface area contributed by atoms with E-state index in [0.29, 0.717) is 69.0 Å². The Morgan fingerprint density at radius 1 is 0.864 bits per heavy atom. The lowest BCUT2D eigenvalue weighted by atomic mass is 9.93. The number of rotatable bonds is 24. The van der Waals surface area contributed by atoms with E-state index in [1.54, 1.807) is 0 Å². The zero-order chi connectivity index (χ0) is 46.7. The zero-order valence-corrected chi connectivity index (χ0v) is 36.8. The third-order valence-corrected chi connectivity index (χ3v) is 10.1. The number of terminal acetylenes is 1. The van der Waals surface area contributed by atoms with Crippen LogP contribution in [0.5, 0.6) is 5.75 Å². The van der Waals surface area contributed by atoms with Crippen LogP contribution < -0.4 is 20.7 Å². The molecule has 0 atom stereocenters. The standard InChI is InChI=1S/C44H47ClN12O9/c1-3-16-63-18-20-65-22-23-66-21-19-64-17-13-49-41(59)33-26-52-44(45)54-38(33)47-11-12-48-42(60)39-53-28-57(55-39)40-36-35(34(62-2)27-51-40)32(25-50-36)37(58)43(61)56-14-9-30(10-15-56)31(24-46)29-7-5-4-6-8-29/h1,4-8,25-28,50H,9-23H2,2H3,(H,48,60)(H,49,59)(H,47,52,54). The van der Waals surface area contributed by atoms with E-state index in [1.807, 2.05) is 30.3 Å². The number of piperidine rings is 1. The molecule has 1 fully saturated rings. The van der Waals surface area contributed by atoms with Gasteiger partial charge in [0.2, 0.25) is 11.1 Å². The smallest absolute Gasteiger partial charge is 0.295 e. The van der Waals surface area contributed by atoms with Crippen molar-refractivity contribution in [1.29, 1.82) is 5.26 Å². The van der Waals surface area contributed by atoms with Crippen molar-refractivity contribution < 1.29 is 42.9 Å². The summed E-state index contributed by atoms with van der Waals surface area (Å²) in [4.78, 5) is 74.5. The number of H-pyrrole nitrogens is 1. The fraction of sp³-hybridized carbons (Fsp3) is 0.364. The Morgan fingerprint density at radius 3 is 2.26 bits per heavy atom. The summed E-state index contributed by atoms with van der Waals surface area (Å²) in [5, 5.41) is 22.8. The third kappa shape index (κ3) is 12.7. The molecule has 66 heavy (non-hydrogen) atoms. The van der Waals surface area contributed by atoms with E-state index in [0.717, 1.165) is 11.1 Å². The molecule has 0 unspecified atom stereocenters. The Labute approximate surface area is 384 Å².